The molecule has 0 spiro atoms. The normalized spacial score (nSPS) is 17.5. The molecule has 0 amide bonds. The van der Waals surface area contributed by atoms with Gasteiger partial charge in [0.25, 0.3) is 0 Å². The Balaban J connectivity index is 1.73. The maximum atomic E-state index is 12.1. The number of likely N-dealkylation sites (tertiary alicyclic amines) is 1. The third-order valence-electron chi connectivity index (χ3n) is 4.35. The Kier molecular flexibility index (Phi) is 7.10. The molecule has 26 heavy (non-hydrogen) atoms. The molecule has 1 saturated heterocycles. The molecule has 6 nitrogen and oxygen atoms in total. The summed E-state index contributed by atoms with van der Waals surface area (Å²) in [6, 6.07) is 5.99. The number of guanidine groups is 1. The fourth-order valence-corrected chi connectivity index (χ4v) is 2.90. The van der Waals surface area contributed by atoms with E-state index in [1.807, 2.05) is 0 Å². The Hall–Kier alpha value is -2.00. The SMILES string of the molecule is CN(C)C1CCN(CCN=C(N)Nc2ccc(OC(F)(F)F)cc2)CC1. The highest BCUT2D eigenvalue weighted by molar-refractivity contribution is 5.92. The van der Waals surface area contributed by atoms with Gasteiger partial charge in [-0.15, -0.1) is 13.2 Å². The molecule has 0 saturated carbocycles. The van der Waals surface area contributed by atoms with Gasteiger partial charge < -0.3 is 25.6 Å². The molecular weight excluding hydrogens is 347 g/mol. The van der Waals surface area contributed by atoms with Crippen LogP contribution in [0.3, 0.4) is 0 Å². The second-order valence-electron chi connectivity index (χ2n) is 6.50. The molecule has 1 aliphatic heterocycles. The molecule has 0 atom stereocenters. The van der Waals surface area contributed by atoms with E-state index in [0.29, 0.717) is 18.3 Å². The highest BCUT2D eigenvalue weighted by Gasteiger charge is 2.30. The number of aliphatic imine (C=N–C) groups is 1. The molecule has 1 aliphatic rings. The van der Waals surface area contributed by atoms with Crippen molar-refractivity contribution in [1.82, 2.24) is 9.80 Å². The van der Waals surface area contributed by atoms with E-state index in [1.54, 1.807) is 0 Å². The lowest BCUT2D eigenvalue weighted by Crippen LogP contribution is -2.42. The number of piperidine rings is 1. The average Bonchev–Trinajstić information content (AvgIpc) is 2.56. The van der Waals surface area contributed by atoms with Gasteiger partial charge in [0.15, 0.2) is 5.96 Å². The van der Waals surface area contributed by atoms with Crippen molar-refractivity contribution in [1.29, 1.82) is 0 Å². The zero-order chi connectivity index (χ0) is 19.2. The van der Waals surface area contributed by atoms with E-state index in [2.05, 4.69) is 38.9 Å². The quantitative estimate of drug-likeness (QED) is 0.592. The number of nitrogens with one attached hydrogen (secondary N) is 1. The van der Waals surface area contributed by atoms with Crippen LogP contribution in [0.1, 0.15) is 12.8 Å². The van der Waals surface area contributed by atoms with E-state index in [1.165, 1.54) is 24.3 Å². The minimum absolute atomic E-state index is 0.234. The smallest absolute Gasteiger partial charge is 0.406 e. The number of benzene rings is 1. The monoisotopic (exact) mass is 373 g/mol. The first-order chi connectivity index (χ1) is 12.2. The zero-order valence-electron chi connectivity index (χ0n) is 15.1. The number of halogens is 3. The van der Waals surface area contributed by atoms with Crippen LogP contribution in [-0.4, -0.2) is 68.4 Å². The predicted octanol–water partition coefficient (Wildman–Crippen LogP) is 2.34. The fraction of sp³-hybridized carbons (Fsp3) is 0.588. The largest absolute Gasteiger partial charge is 0.573 e. The van der Waals surface area contributed by atoms with Crippen LogP contribution in [0, 0.1) is 0 Å². The van der Waals surface area contributed by atoms with Gasteiger partial charge in [-0.25, -0.2) is 0 Å². The fourth-order valence-electron chi connectivity index (χ4n) is 2.90. The number of alkyl halides is 3. The third-order valence-corrected chi connectivity index (χ3v) is 4.35. The van der Waals surface area contributed by atoms with Gasteiger partial charge in [0, 0.05) is 18.3 Å². The molecule has 0 unspecified atom stereocenters. The minimum atomic E-state index is -4.70. The first-order valence-corrected chi connectivity index (χ1v) is 8.54. The Morgan fingerprint density at radius 2 is 1.88 bits per heavy atom. The molecule has 1 heterocycles. The molecule has 0 aromatic heterocycles. The van der Waals surface area contributed by atoms with Crippen LogP contribution >= 0.6 is 0 Å². The Morgan fingerprint density at radius 1 is 1.27 bits per heavy atom. The molecule has 1 aromatic carbocycles. The number of anilines is 1. The summed E-state index contributed by atoms with van der Waals surface area (Å²) in [6.07, 6.45) is -2.40. The molecule has 9 heteroatoms. The van der Waals surface area contributed by atoms with E-state index in [9.17, 15) is 13.2 Å². The van der Waals surface area contributed by atoms with Crippen molar-refractivity contribution in [3.05, 3.63) is 24.3 Å². The van der Waals surface area contributed by atoms with Crippen molar-refractivity contribution in [3.63, 3.8) is 0 Å². The number of hydrogen-bond acceptors (Lipinski definition) is 4. The highest BCUT2D eigenvalue weighted by Crippen LogP contribution is 2.23. The van der Waals surface area contributed by atoms with Gasteiger partial charge >= 0.3 is 6.36 Å². The van der Waals surface area contributed by atoms with Crippen molar-refractivity contribution in [2.45, 2.75) is 25.2 Å². The Labute approximate surface area is 151 Å². The van der Waals surface area contributed by atoms with Crippen molar-refractivity contribution in [2.24, 2.45) is 10.7 Å². The summed E-state index contributed by atoms with van der Waals surface area (Å²) in [7, 11) is 4.22. The lowest BCUT2D eigenvalue weighted by Gasteiger charge is -2.34. The summed E-state index contributed by atoms with van der Waals surface area (Å²) in [5, 5.41) is 2.86. The van der Waals surface area contributed by atoms with Gasteiger partial charge in [-0.05, 0) is 64.3 Å². The molecule has 3 N–H and O–H groups in total. The van der Waals surface area contributed by atoms with Crippen LogP contribution in [0.5, 0.6) is 5.75 Å². The second-order valence-corrected chi connectivity index (χ2v) is 6.50. The molecule has 0 aliphatic carbocycles. The maximum Gasteiger partial charge on any atom is 0.573 e. The summed E-state index contributed by atoms with van der Waals surface area (Å²) in [4.78, 5) is 8.90. The standard InChI is InChI=1S/C17H26F3N5O/c1-24(2)14-7-10-25(11-8-14)12-9-22-16(21)23-13-3-5-15(6-4-13)26-17(18,19)20/h3-6,14H,7-12H2,1-2H3,(H3,21,22,23). The predicted molar refractivity (Wildman–Crippen MR) is 96.4 cm³/mol. The van der Waals surface area contributed by atoms with Crippen LogP contribution < -0.4 is 15.8 Å². The molecular formula is C17H26F3N5O. The van der Waals surface area contributed by atoms with E-state index in [0.717, 1.165) is 32.5 Å². The topological polar surface area (TPSA) is 66.1 Å². The first-order valence-electron chi connectivity index (χ1n) is 8.54. The highest BCUT2D eigenvalue weighted by atomic mass is 19.4. The van der Waals surface area contributed by atoms with Crippen LogP contribution in [0.15, 0.2) is 29.3 Å². The van der Waals surface area contributed by atoms with Crippen molar-refractivity contribution >= 4 is 11.6 Å². The maximum absolute atomic E-state index is 12.1. The number of nitrogens with two attached hydrogens (primary N) is 1. The van der Waals surface area contributed by atoms with Crippen molar-refractivity contribution in [2.75, 3.05) is 45.6 Å². The van der Waals surface area contributed by atoms with Crippen molar-refractivity contribution < 1.29 is 17.9 Å². The van der Waals surface area contributed by atoms with Gasteiger partial charge in [0.1, 0.15) is 5.75 Å². The molecule has 2 rings (SSSR count). The van der Waals surface area contributed by atoms with Crippen LogP contribution in [-0.2, 0) is 0 Å². The summed E-state index contributed by atoms with van der Waals surface area (Å²) in [5.74, 6) is -0.0441. The third kappa shape index (κ3) is 7.09. The van der Waals surface area contributed by atoms with Gasteiger partial charge in [0.05, 0.1) is 6.54 Å². The van der Waals surface area contributed by atoms with E-state index in [4.69, 9.17) is 5.73 Å². The zero-order valence-corrected chi connectivity index (χ0v) is 15.1. The number of ether oxygens (including phenoxy) is 1. The second kappa shape index (κ2) is 9.09. The van der Waals surface area contributed by atoms with Gasteiger partial charge in [0.2, 0.25) is 0 Å². The lowest BCUT2D eigenvalue weighted by atomic mass is 10.0. The summed E-state index contributed by atoms with van der Waals surface area (Å²) in [5.41, 5.74) is 6.37. The van der Waals surface area contributed by atoms with Crippen LogP contribution in [0.25, 0.3) is 0 Å². The lowest BCUT2D eigenvalue weighted by molar-refractivity contribution is -0.274. The van der Waals surface area contributed by atoms with Crippen LogP contribution in [0.2, 0.25) is 0 Å². The van der Waals surface area contributed by atoms with Gasteiger partial charge in [-0.2, -0.15) is 0 Å². The van der Waals surface area contributed by atoms with E-state index in [-0.39, 0.29) is 11.7 Å². The van der Waals surface area contributed by atoms with E-state index < -0.39 is 6.36 Å². The number of nitrogens with zero attached hydrogens (tertiary/aromatic N) is 3. The van der Waals surface area contributed by atoms with Crippen molar-refractivity contribution in [3.8, 4) is 5.75 Å². The average molecular weight is 373 g/mol. The van der Waals surface area contributed by atoms with Gasteiger partial charge in [-0.1, -0.05) is 0 Å². The van der Waals surface area contributed by atoms with E-state index >= 15 is 0 Å². The van der Waals surface area contributed by atoms with Gasteiger partial charge in [-0.3, -0.25) is 4.99 Å². The molecule has 0 bridgehead atoms. The summed E-state index contributed by atoms with van der Waals surface area (Å²) >= 11 is 0. The number of hydrogen-bond donors (Lipinski definition) is 2. The summed E-state index contributed by atoms with van der Waals surface area (Å²) < 4.78 is 40.2. The first kappa shape index (κ1) is 20.3. The molecule has 1 aromatic rings. The minimum Gasteiger partial charge on any atom is -0.406 e. The molecule has 146 valence electrons. The number of rotatable bonds is 6. The summed E-state index contributed by atoms with van der Waals surface area (Å²) in [6.45, 7) is 3.50. The van der Waals surface area contributed by atoms with Crippen LogP contribution in [0.4, 0.5) is 18.9 Å². The Bertz CT molecular complexity index is 581. The molecule has 1 fully saturated rings. The Morgan fingerprint density at radius 3 is 2.42 bits per heavy atom. The molecule has 0 radical (unpaired) electrons.